The van der Waals surface area contributed by atoms with Crippen LogP contribution < -0.4 is 0 Å². The van der Waals surface area contributed by atoms with Gasteiger partial charge in [0.05, 0.1) is 0 Å². The Hall–Kier alpha value is -0.840. The molecule has 2 rings (SSSR count). The molecule has 2 fully saturated rings. The smallest absolute Gasteiger partial charge is 0.410 e. The van der Waals surface area contributed by atoms with Crippen LogP contribution in [0.2, 0.25) is 0 Å². The van der Waals surface area contributed by atoms with Crippen molar-refractivity contribution >= 4 is 6.09 Å². The Morgan fingerprint density at radius 2 is 2.11 bits per heavy atom. The number of alkyl halides is 1. The number of halogens is 1. The zero-order valence-corrected chi connectivity index (χ0v) is 11.3. The predicted molar refractivity (Wildman–Crippen MR) is 64.9 cm³/mol. The first-order valence-corrected chi connectivity index (χ1v) is 6.49. The van der Waals surface area contributed by atoms with Crippen molar-refractivity contribution in [2.75, 3.05) is 19.7 Å². The number of aliphatic hydroxyl groups excluding tert-OH is 1. The third kappa shape index (κ3) is 2.46. The van der Waals surface area contributed by atoms with Crippen molar-refractivity contribution in [3.05, 3.63) is 0 Å². The van der Waals surface area contributed by atoms with E-state index >= 15 is 0 Å². The highest BCUT2D eigenvalue weighted by molar-refractivity contribution is 5.69. The number of amides is 1. The van der Waals surface area contributed by atoms with Crippen molar-refractivity contribution in [3.63, 3.8) is 0 Å². The van der Waals surface area contributed by atoms with E-state index in [0.717, 1.165) is 0 Å². The van der Waals surface area contributed by atoms with E-state index in [1.807, 2.05) is 20.8 Å². The van der Waals surface area contributed by atoms with Crippen molar-refractivity contribution in [3.8, 4) is 0 Å². The minimum absolute atomic E-state index is 0.00256. The predicted octanol–water partition coefficient (Wildman–Crippen LogP) is 1.96. The summed E-state index contributed by atoms with van der Waals surface area (Å²) in [4.78, 5) is 13.4. The summed E-state index contributed by atoms with van der Waals surface area (Å²) in [6, 6.07) is 0. The topological polar surface area (TPSA) is 49.8 Å². The van der Waals surface area contributed by atoms with Gasteiger partial charge in [-0.05, 0) is 39.5 Å². The second-order valence-corrected chi connectivity index (χ2v) is 6.62. The molecule has 1 saturated carbocycles. The maximum absolute atomic E-state index is 13.4. The lowest BCUT2D eigenvalue weighted by atomic mass is 9.72. The maximum Gasteiger partial charge on any atom is 0.410 e. The van der Waals surface area contributed by atoms with Crippen LogP contribution in [0.25, 0.3) is 0 Å². The van der Waals surface area contributed by atoms with Gasteiger partial charge < -0.3 is 14.7 Å². The van der Waals surface area contributed by atoms with E-state index < -0.39 is 11.8 Å². The fourth-order valence-corrected chi connectivity index (χ4v) is 3.07. The summed E-state index contributed by atoms with van der Waals surface area (Å²) in [5, 5.41) is 9.29. The van der Waals surface area contributed by atoms with E-state index in [1.54, 1.807) is 4.90 Å². The van der Waals surface area contributed by atoms with Gasteiger partial charge in [-0.2, -0.15) is 0 Å². The molecule has 2 atom stereocenters. The Bertz CT molecular complexity index is 334. The van der Waals surface area contributed by atoms with Gasteiger partial charge in [0.2, 0.25) is 0 Å². The molecule has 18 heavy (non-hydrogen) atoms. The average Bonchev–Trinajstić information content (AvgIpc) is 2.49. The standard InChI is InChI=1S/C13H22FNO3/c1-12(2,3)18-11(17)15-7-13(8-15)5-10(14)4-9(13)6-16/h9-10,16H,4-8H2,1-3H3. The fraction of sp³-hybridized carbons (Fsp3) is 0.923. The van der Waals surface area contributed by atoms with Crippen LogP contribution in [0.3, 0.4) is 0 Å². The van der Waals surface area contributed by atoms with Crippen LogP contribution in [0.15, 0.2) is 0 Å². The summed E-state index contributed by atoms with van der Waals surface area (Å²) < 4.78 is 18.7. The maximum atomic E-state index is 13.4. The Balaban J connectivity index is 1.91. The molecule has 0 aromatic heterocycles. The average molecular weight is 259 g/mol. The molecule has 1 aliphatic heterocycles. The molecule has 0 aromatic carbocycles. The Morgan fingerprint density at radius 1 is 1.50 bits per heavy atom. The largest absolute Gasteiger partial charge is 0.444 e. The lowest BCUT2D eigenvalue weighted by Crippen LogP contribution is -2.61. The molecule has 0 bridgehead atoms. The minimum atomic E-state index is -0.845. The van der Waals surface area contributed by atoms with Gasteiger partial charge >= 0.3 is 6.09 Å². The van der Waals surface area contributed by atoms with E-state index in [-0.39, 0.29) is 24.0 Å². The molecule has 0 aromatic rings. The van der Waals surface area contributed by atoms with Gasteiger partial charge in [0.15, 0.2) is 0 Å². The van der Waals surface area contributed by atoms with Crippen LogP contribution in [0.4, 0.5) is 9.18 Å². The molecule has 104 valence electrons. The highest BCUT2D eigenvalue weighted by Gasteiger charge is 2.56. The quantitative estimate of drug-likeness (QED) is 0.783. The van der Waals surface area contributed by atoms with E-state index in [1.165, 1.54) is 0 Å². The second kappa shape index (κ2) is 4.37. The van der Waals surface area contributed by atoms with Crippen LogP contribution in [-0.2, 0) is 4.74 Å². The van der Waals surface area contributed by atoms with Gasteiger partial charge in [-0.3, -0.25) is 0 Å². The Morgan fingerprint density at radius 3 is 2.61 bits per heavy atom. The van der Waals surface area contributed by atoms with Crippen LogP contribution in [0.1, 0.15) is 33.6 Å². The van der Waals surface area contributed by atoms with E-state index in [2.05, 4.69) is 0 Å². The fourth-order valence-electron chi connectivity index (χ4n) is 3.07. The first-order valence-electron chi connectivity index (χ1n) is 6.49. The Labute approximate surface area is 107 Å². The number of nitrogens with zero attached hydrogens (tertiary/aromatic N) is 1. The summed E-state index contributed by atoms with van der Waals surface area (Å²) in [5.74, 6) is -0.0220. The van der Waals surface area contributed by atoms with Gasteiger partial charge in [-0.25, -0.2) is 9.18 Å². The molecule has 0 radical (unpaired) electrons. The number of ether oxygens (including phenoxy) is 1. The number of carbonyl (C=O) groups excluding carboxylic acids is 1. The summed E-state index contributed by atoms with van der Waals surface area (Å²) in [6.45, 7) is 6.49. The monoisotopic (exact) mass is 259 g/mol. The van der Waals surface area contributed by atoms with Crippen molar-refractivity contribution < 1.29 is 19.0 Å². The zero-order chi connectivity index (χ0) is 13.6. The molecule has 1 amide bonds. The molecule has 5 heteroatoms. The first-order chi connectivity index (χ1) is 8.26. The third-order valence-electron chi connectivity index (χ3n) is 3.92. The SMILES string of the molecule is CC(C)(C)OC(=O)N1CC2(CC(F)CC2CO)C1. The molecule has 2 unspecified atom stereocenters. The zero-order valence-electron chi connectivity index (χ0n) is 11.3. The molecule has 1 aliphatic carbocycles. The van der Waals surface area contributed by atoms with Gasteiger partial charge in [-0.15, -0.1) is 0 Å². The van der Waals surface area contributed by atoms with Crippen molar-refractivity contribution in [1.82, 2.24) is 4.90 Å². The normalized spacial score (nSPS) is 30.4. The van der Waals surface area contributed by atoms with Crippen LogP contribution >= 0.6 is 0 Å². The number of aliphatic hydroxyl groups is 1. The molecule has 1 saturated heterocycles. The first kappa shape index (κ1) is 13.6. The van der Waals surface area contributed by atoms with Gasteiger partial charge in [0.1, 0.15) is 11.8 Å². The summed E-state index contributed by atoms with van der Waals surface area (Å²) in [5.41, 5.74) is -0.723. The van der Waals surface area contributed by atoms with Crippen LogP contribution in [0.5, 0.6) is 0 Å². The van der Waals surface area contributed by atoms with E-state index in [0.29, 0.717) is 25.9 Å². The molecule has 2 aliphatic rings. The number of hydrogen-bond acceptors (Lipinski definition) is 3. The second-order valence-electron chi connectivity index (χ2n) is 6.62. The summed E-state index contributed by atoms with van der Waals surface area (Å²) >= 11 is 0. The van der Waals surface area contributed by atoms with Crippen molar-refractivity contribution in [1.29, 1.82) is 0 Å². The minimum Gasteiger partial charge on any atom is -0.444 e. The molecular weight excluding hydrogens is 237 g/mol. The van der Waals surface area contributed by atoms with E-state index in [4.69, 9.17) is 4.74 Å². The highest BCUT2D eigenvalue weighted by Crippen LogP contribution is 2.50. The Kier molecular flexibility index (Phi) is 3.30. The van der Waals surface area contributed by atoms with E-state index in [9.17, 15) is 14.3 Å². The summed E-state index contributed by atoms with van der Waals surface area (Å²) in [7, 11) is 0. The van der Waals surface area contributed by atoms with Gasteiger partial charge in [-0.1, -0.05) is 0 Å². The molecular formula is C13H22FNO3. The van der Waals surface area contributed by atoms with Crippen LogP contribution in [0, 0.1) is 11.3 Å². The summed E-state index contributed by atoms with van der Waals surface area (Å²) in [6.07, 6.45) is -0.314. The molecule has 1 N–H and O–H groups in total. The van der Waals surface area contributed by atoms with Gasteiger partial charge in [0.25, 0.3) is 0 Å². The molecule has 4 nitrogen and oxygen atoms in total. The lowest BCUT2D eigenvalue weighted by molar-refractivity contribution is -0.0599. The number of carbonyl (C=O) groups is 1. The number of likely N-dealkylation sites (tertiary alicyclic amines) is 1. The van der Waals surface area contributed by atoms with Crippen molar-refractivity contribution in [2.45, 2.75) is 45.4 Å². The van der Waals surface area contributed by atoms with Crippen LogP contribution in [-0.4, -0.2) is 47.6 Å². The van der Waals surface area contributed by atoms with Crippen molar-refractivity contribution in [2.24, 2.45) is 11.3 Å². The molecule has 1 spiro atoms. The van der Waals surface area contributed by atoms with Gasteiger partial charge in [0, 0.05) is 25.1 Å². The lowest BCUT2D eigenvalue weighted by Gasteiger charge is -2.50. The third-order valence-corrected chi connectivity index (χ3v) is 3.92. The number of hydrogen-bond donors (Lipinski definition) is 1. The molecule has 1 heterocycles. The number of rotatable bonds is 1. The highest BCUT2D eigenvalue weighted by atomic mass is 19.1.